The van der Waals surface area contributed by atoms with E-state index in [4.69, 9.17) is 5.11 Å². The monoisotopic (exact) mass is 354 g/mol. The van der Waals surface area contributed by atoms with E-state index in [2.05, 4.69) is 10.6 Å². The van der Waals surface area contributed by atoms with Gasteiger partial charge in [-0.25, -0.2) is 0 Å². The molecule has 0 aliphatic heterocycles. The van der Waals surface area contributed by atoms with E-state index in [-0.39, 0.29) is 11.9 Å². The van der Waals surface area contributed by atoms with Crippen LogP contribution in [0.3, 0.4) is 0 Å². The molecule has 26 heavy (non-hydrogen) atoms. The van der Waals surface area contributed by atoms with Crippen LogP contribution in [0.15, 0.2) is 60.7 Å². The van der Waals surface area contributed by atoms with E-state index in [0.717, 1.165) is 11.1 Å². The van der Waals surface area contributed by atoms with Gasteiger partial charge in [-0.2, -0.15) is 0 Å². The Balaban J connectivity index is 2.03. The van der Waals surface area contributed by atoms with Gasteiger partial charge >= 0.3 is 5.97 Å². The van der Waals surface area contributed by atoms with Crippen LogP contribution in [-0.2, 0) is 16.0 Å². The summed E-state index contributed by atoms with van der Waals surface area (Å²) in [5.41, 5.74) is 2.13. The van der Waals surface area contributed by atoms with E-state index in [1.165, 1.54) is 0 Å². The molecule has 0 aliphatic carbocycles. The van der Waals surface area contributed by atoms with Crippen LogP contribution in [0, 0.1) is 0 Å². The highest BCUT2D eigenvalue weighted by atomic mass is 16.4. The minimum atomic E-state index is -0.974. The molecule has 0 aliphatic rings. The topological polar surface area (TPSA) is 78.4 Å². The Morgan fingerprint density at radius 1 is 0.962 bits per heavy atom. The van der Waals surface area contributed by atoms with Crippen LogP contribution in [0.2, 0.25) is 0 Å². The van der Waals surface area contributed by atoms with Gasteiger partial charge in [-0.1, -0.05) is 60.7 Å². The third-order valence-electron chi connectivity index (χ3n) is 4.36. The molecule has 0 fully saturated rings. The summed E-state index contributed by atoms with van der Waals surface area (Å²) in [6.45, 7) is 3.47. The smallest absolute Gasteiger partial charge is 0.320 e. The zero-order valence-corrected chi connectivity index (χ0v) is 15.2. The molecular weight excluding hydrogens is 328 g/mol. The first-order valence-electron chi connectivity index (χ1n) is 8.85. The van der Waals surface area contributed by atoms with Crippen molar-refractivity contribution in [3.8, 4) is 0 Å². The number of nitrogens with one attached hydrogen (secondary N) is 2. The Bertz CT molecular complexity index is 704. The summed E-state index contributed by atoms with van der Waals surface area (Å²) in [7, 11) is 0. The molecule has 2 rings (SSSR count). The molecule has 0 bridgehead atoms. The van der Waals surface area contributed by atoms with Crippen LogP contribution >= 0.6 is 0 Å². The first-order chi connectivity index (χ1) is 12.5. The lowest BCUT2D eigenvalue weighted by Crippen LogP contribution is -2.50. The maximum absolute atomic E-state index is 12.7. The Hall–Kier alpha value is -2.66. The number of carboxylic acid groups (broad SMARTS) is 1. The predicted molar refractivity (Wildman–Crippen MR) is 102 cm³/mol. The molecule has 3 atom stereocenters. The van der Waals surface area contributed by atoms with E-state index in [9.17, 15) is 9.59 Å². The summed E-state index contributed by atoms with van der Waals surface area (Å²) in [4.78, 5) is 23.9. The van der Waals surface area contributed by atoms with Crippen LogP contribution in [0.25, 0.3) is 0 Å². The molecule has 0 saturated carbocycles. The fraction of sp³-hybridized carbons (Fsp3) is 0.333. The number of amides is 1. The van der Waals surface area contributed by atoms with Gasteiger partial charge in [0.1, 0.15) is 6.04 Å². The predicted octanol–water partition coefficient (Wildman–Crippen LogP) is 2.93. The summed E-state index contributed by atoms with van der Waals surface area (Å²) in [5.74, 6) is -1.16. The second-order valence-electron chi connectivity index (χ2n) is 6.44. The number of carbonyl (C=O) groups excluding carboxylic acids is 1. The molecule has 2 aromatic carbocycles. The highest BCUT2D eigenvalue weighted by Gasteiger charge is 2.24. The van der Waals surface area contributed by atoms with Gasteiger partial charge in [-0.05, 0) is 37.8 Å². The van der Waals surface area contributed by atoms with Gasteiger partial charge in [-0.3, -0.25) is 14.9 Å². The van der Waals surface area contributed by atoms with Crippen LogP contribution in [-0.4, -0.2) is 29.1 Å². The zero-order valence-electron chi connectivity index (χ0n) is 15.2. The first kappa shape index (κ1) is 19.7. The minimum absolute atomic E-state index is 0.148. The lowest BCUT2D eigenvalue weighted by Gasteiger charge is -2.23. The second kappa shape index (κ2) is 9.73. The lowest BCUT2D eigenvalue weighted by molar-refractivity contribution is -0.139. The number of aryl methyl sites for hydroxylation is 1. The van der Waals surface area contributed by atoms with Gasteiger partial charge in [-0.15, -0.1) is 0 Å². The molecule has 0 aromatic heterocycles. The highest BCUT2D eigenvalue weighted by molar-refractivity contribution is 5.83. The Labute approximate surface area is 154 Å². The molecule has 1 unspecified atom stereocenters. The molecule has 5 heteroatoms. The number of benzene rings is 2. The third kappa shape index (κ3) is 6.01. The van der Waals surface area contributed by atoms with Crippen molar-refractivity contribution >= 4 is 11.9 Å². The van der Waals surface area contributed by atoms with Gasteiger partial charge < -0.3 is 10.4 Å². The normalized spacial score (nSPS) is 14.2. The van der Waals surface area contributed by atoms with Crippen molar-refractivity contribution in [3.05, 3.63) is 71.8 Å². The standard InChI is InChI=1S/C21H26N2O3/c1-15(18-11-7-4-8-12-18)23-20(24)19(22-16(2)21(25)26)14-13-17-9-5-3-6-10-17/h3-12,15-16,19,22H,13-14H2,1-2H3,(H,23,24)(H,25,26)/t15-,16?,19-/m0/s1. The molecule has 1 amide bonds. The highest BCUT2D eigenvalue weighted by Crippen LogP contribution is 2.13. The van der Waals surface area contributed by atoms with E-state index in [1.54, 1.807) is 6.92 Å². The van der Waals surface area contributed by atoms with Crippen molar-refractivity contribution in [1.82, 2.24) is 10.6 Å². The van der Waals surface area contributed by atoms with Gasteiger partial charge in [0.05, 0.1) is 12.1 Å². The summed E-state index contributed by atoms with van der Waals surface area (Å²) in [6.07, 6.45) is 1.22. The average molecular weight is 354 g/mol. The van der Waals surface area contributed by atoms with E-state index in [0.29, 0.717) is 12.8 Å². The van der Waals surface area contributed by atoms with Crippen LogP contribution < -0.4 is 10.6 Å². The van der Waals surface area contributed by atoms with Crippen molar-refractivity contribution < 1.29 is 14.7 Å². The summed E-state index contributed by atoms with van der Waals surface area (Å²) < 4.78 is 0. The second-order valence-corrected chi connectivity index (χ2v) is 6.44. The maximum Gasteiger partial charge on any atom is 0.320 e. The van der Waals surface area contributed by atoms with Crippen molar-refractivity contribution in [1.29, 1.82) is 0 Å². The van der Waals surface area contributed by atoms with E-state index >= 15 is 0 Å². The molecule has 0 saturated heterocycles. The molecule has 2 aromatic rings. The summed E-state index contributed by atoms with van der Waals surface area (Å²) in [6, 6.07) is 18.0. The Kier molecular flexibility index (Phi) is 7.36. The Morgan fingerprint density at radius 3 is 2.12 bits per heavy atom. The van der Waals surface area contributed by atoms with Gasteiger partial charge in [0.15, 0.2) is 0 Å². The summed E-state index contributed by atoms with van der Waals surface area (Å²) >= 11 is 0. The maximum atomic E-state index is 12.7. The first-order valence-corrected chi connectivity index (χ1v) is 8.85. The number of carboxylic acids is 1. The molecule has 3 N–H and O–H groups in total. The van der Waals surface area contributed by atoms with Gasteiger partial charge in [0.25, 0.3) is 0 Å². The minimum Gasteiger partial charge on any atom is -0.480 e. The molecule has 5 nitrogen and oxygen atoms in total. The van der Waals surface area contributed by atoms with Crippen molar-refractivity contribution in [2.75, 3.05) is 0 Å². The van der Waals surface area contributed by atoms with E-state index < -0.39 is 18.1 Å². The largest absolute Gasteiger partial charge is 0.480 e. The molecule has 0 spiro atoms. The van der Waals surface area contributed by atoms with Gasteiger partial charge in [0, 0.05) is 0 Å². The van der Waals surface area contributed by atoms with Crippen molar-refractivity contribution in [2.24, 2.45) is 0 Å². The van der Waals surface area contributed by atoms with Crippen LogP contribution in [0.4, 0.5) is 0 Å². The van der Waals surface area contributed by atoms with Crippen molar-refractivity contribution in [2.45, 2.75) is 44.8 Å². The molecule has 138 valence electrons. The zero-order chi connectivity index (χ0) is 18.9. The SMILES string of the molecule is CC(N[C@@H](CCc1ccccc1)C(=O)N[C@@H](C)c1ccccc1)C(=O)O. The third-order valence-corrected chi connectivity index (χ3v) is 4.36. The van der Waals surface area contributed by atoms with Gasteiger partial charge in [0.2, 0.25) is 5.91 Å². The van der Waals surface area contributed by atoms with E-state index in [1.807, 2.05) is 67.6 Å². The lowest BCUT2D eigenvalue weighted by atomic mass is 10.0. The fourth-order valence-electron chi connectivity index (χ4n) is 2.76. The number of hydrogen-bond acceptors (Lipinski definition) is 3. The average Bonchev–Trinajstić information content (AvgIpc) is 2.66. The molecular formula is C21H26N2O3. The van der Waals surface area contributed by atoms with Crippen LogP contribution in [0.1, 0.15) is 37.4 Å². The Morgan fingerprint density at radius 2 is 1.54 bits per heavy atom. The fourth-order valence-corrected chi connectivity index (χ4v) is 2.76. The quantitative estimate of drug-likeness (QED) is 0.647. The number of rotatable bonds is 9. The molecule has 0 radical (unpaired) electrons. The van der Waals surface area contributed by atoms with Crippen LogP contribution in [0.5, 0.6) is 0 Å². The number of aliphatic carboxylic acids is 1. The summed E-state index contributed by atoms with van der Waals surface area (Å²) in [5, 5.41) is 15.1. The number of carbonyl (C=O) groups is 2. The number of hydrogen-bond donors (Lipinski definition) is 3. The van der Waals surface area contributed by atoms with Crippen molar-refractivity contribution in [3.63, 3.8) is 0 Å². The molecule has 0 heterocycles.